The molecular weight excluding hydrogens is 407 g/mol. The number of fused-ring (bicyclic) bond motifs is 1. The standard InChI is InChI=1S/C19H17Cl3N4O/c20-11-6-8-12(9-7-11)24-19(27)14-10-23-18-15(16(14)21)17(22)25-26(18)13-4-2-1-3-5-13/h6-10,13H,1-5H2,(H,24,27). The Kier molecular flexibility index (Phi) is 5.26. The lowest BCUT2D eigenvalue weighted by Gasteiger charge is -2.22. The topological polar surface area (TPSA) is 59.8 Å². The molecule has 1 fully saturated rings. The Balaban J connectivity index is 1.68. The van der Waals surface area contributed by atoms with Gasteiger partial charge in [-0.15, -0.1) is 0 Å². The monoisotopic (exact) mass is 422 g/mol. The lowest BCUT2D eigenvalue weighted by Crippen LogP contribution is -2.15. The zero-order chi connectivity index (χ0) is 19.0. The number of amides is 1. The van der Waals surface area contributed by atoms with Crippen LogP contribution < -0.4 is 5.32 Å². The molecule has 3 aromatic rings. The van der Waals surface area contributed by atoms with Crippen molar-refractivity contribution in [3.63, 3.8) is 0 Å². The second-order valence-electron chi connectivity index (χ2n) is 6.67. The molecule has 4 rings (SSSR count). The van der Waals surface area contributed by atoms with E-state index in [-0.39, 0.29) is 27.7 Å². The summed E-state index contributed by atoms with van der Waals surface area (Å²) in [5.74, 6) is -0.363. The van der Waals surface area contributed by atoms with Gasteiger partial charge in [-0.2, -0.15) is 5.10 Å². The van der Waals surface area contributed by atoms with Crippen LogP contribution in [-0.4, -0.2) is 20.7 Å². The number of pyridine rings is 1. The predicted octanol–water partition coefficient (Wildman–Crippen LogP) is 6.15. The molecule has 0 atom stereocenters. The minimum atomic E-state index is -0.363. The van der Waals surface area contributed by atoms with Crippen molar-refractivity contribution in [1.29, 1.82) is 0 Å². The van der Waals surface area contributed by atoms with E-state index in [1.54, 1.807) is 24.3 Å². The van der Waals surface area contributed by atoms with Gasteiger partial charge in [0, 0.05) is 16.9 Å². The number of carbonyl (C=O) groups is 1. The Bertz CT molecular complexity index is 994. The number of carbonyl (C=O) groups excluding carboxylic acids is 1. The highest BCUT2D eigenvalue weighted by Crippen LogP contribution is 2.36. The summed E-state index contributed by atoms with van der Waals surface area (Å²) in [6.45, 7) is 0. The Labute approximate surface area is 171 Å². The van der Waals surface area contributed by atoms with Crippen LogP contribution in [0.1, 0.15) is 48.5 Å². The lowest BCUT2D eigenvalue weighted by atomic mass is 9.96. The Hall–Kier alpha value is -1.82. The average molecular weight is 424 g/mol. The lowest BCUT2D eigenvalue weighted by molar-refractivity contribution is 0.102. The van der Waals surface area contributed by atoms with E-state index in [1.165, 1.54) is 25.5 Å². The summed E-state index contributed by atoms with van der Waals surface area (Å²) in [5, 5.41) is 8.89. The van der Waals surface area contributed by atoms with Crippen LogP contribution in [0.25, 0.3) is 11.0 Å². The van der Waals surface area contributed by atoms with Crippen molar-refractivity contribution in [2.45, 2.75) is 38.1 Å². The molecule has 0 spiro atoms. The minimum Gasteiger partial charge on any atom is -0.322 e. The van der Waals surface area contributed by atoms with Crippen LogP contribution in [0.15, 0.2) is 30.5 Å². The van der Waals surface area contributed by atoms with Crippen molar-refractivity contribution in [1.82, 2.24) is 14.8 Å². The number of nitrogens with one attached hydrogen (secondary N) is 1. The highest BCUT2D eigenvalue weighted by Gasteiger charge is 2.24. The second kappa shape index (κ2) is 7.66. The van der Waals surface area contributed by atoms with Gasteiger partial charge < -0.3 is 5.32 Å². The zero-order valence-corrected chi connectivity index (χ0v) is 16.7. The van der Waals surface area contributed by atoms with Gasteiger partial charge >= 0.3 is 0 Å². The number of nitrogens with zero attached hydrogens (tertiary/aromatic N) is 3. The first-order valence-electron chi connectivity index (χ1n) is 8.83. The van der Waals surface area contributed by atoms with Gasteiger partial charge in [0.15, 0.2) is 10.8 Å². The van der Waals surface area contributed by atoms with Crippen LogP contribution in [-0.2, 0) is 0 Å². The van der Waals surface area contributed by atoms with Crippen molar-refractivity contribution in [3.8, 4) is 0 Å². The predicted molar refractivity (Wildman–Crippen MR) is 109 cm³/mol. The molecule has 1 N–H and O–H groups in total. The van der Waals surface area contributed by atoms with E-state index >= 15 is 0 Å². The number of hydrogen-bond donors (Lipinski definition) is 1. The van der Waals surface area contributed by atoms with Gasteiger partial charge in [0.05, 0.1) is 22.0 Å². The molecule has 1 aromatic carbocycles. The molecule has 0 bridgehead atoms. The highest BCUT2D eigenvalue weighted by atomic mass is 35.5. The fourth-order valence-electron chi connectivity index (χ4n) is 3.50. The quantitative estimate of drug-likeness (QED) is 0.549. The Morgan fingerprint density at radius 2 is 1.78 bits per heavy atom. The van der Waals surface area contributed by atoms with Crippen LogP contribution in [0, 0.1) is 0 Å². The minimum absolute atomic E-state index is 0.254. The molecule has 0 aliphatic heterocycles. The van der Waals surface area contributed by atoms with Gasteiger partial charge in [-0.25, -0.2) is 9.67 Å². The summed E-state index contributed by atoms with van der Waals surface area (Å²) in [6.07, 6.45) is 7.15. The maximum absolute atomic E-state index is 12.6. The summed E-state index contributed by atoms with van der Waals surface area (Å²) >= 11 is 18.8. The number of hydrogen-bond acceptors (Lipinski definition) is 3. The molecule has 1 aliphatic carbocycles. The van der Waals surface area contributed by atoms with E-state index in [4.69, 9.17) is 34.8 Å². The van der Waals surface area contributed by atoms with E-state index in [0.717, 1.165) is 12.8 Å². The van der Waals surface area contributed by atoms with Crippen molar-refractivity contribution < 1.29 is 4.79 Å². The maximum Gasteiger partial charge on any atom is 0.258 e. The third-order valence-corrected chi connectivity index (χ3v) is 5.79. The van der Waals surface area contributed by atoms with Crippen molar-refractivity contribution in [2.24, 2.45) is 0 Å². The van der Waals surface area contributed by atoms with E-state index in [2.05, 4.69) is 15.4 Å². The highest BCUT2D eigenvalue weighted by molar-refractivity contribution is 6.43. The normalized spacial score (nSPS) is 15.2. The first kappa shape index (κ1) is 18.5. The van der Waals surface area contributed by atoms with Crippen LogP contribution in [0.5, 0.6) is 0 Å². The van der Waals surface area contributed by atoms with E-state index < -0.39 is 0 Å². The molecule has 0 saturated heterocycles. The number of benzene rings is 1. The molecule has 0 radical (unpaired) electrons. The molecule has 1 saturated carbocycles. The third-order valence-electron chi connectivity index (χ3n) is 4.88. The van der Waals surface area contributed by atoms with Gasteiger partial charge in [-0.1, -0.05) is 54.1 Å². The summed E-state index contributed by atoms with van der Waals surface area (Å²) in [4.78, 5) is 17.1. The molecule has 1 amide bonds. The van der Waals surface area contributed by atoms with Gasteiger partial charge in [-0.3, -0.25) is 4.79 Å². The number of halogens is 3. The zero-order valence-electron chi connectivity index (χ0n) is 14.4. The van der Waals surface area contributed by atoms with Gasteiger partial charge in [0.25, 0.3) is 5.91 Å². The molecule has 8 heteroatoms. The van der Waals surface area contributed by atoms with Crippen LogP contribution >= 0.6 is 34.8 Å². The first-order chi connectivity index (χ1) is 13.0. The molecule has 27 heavy (non-hydrogen) atoms. The van der Waals surface area contributed by atoms with E-state index in [1.807, 2.05) is 4.68 Å². The van der Waals surface area contributed by atoms with Crippen molar-refractivity contribution >= 4 is 57.4 Å². The summed E-state index contributed by atoms with van der Waals surface area (Å²) in [7, 11) is 0. The number of anilines is 1. The average Bonchev–Trinajstić information content (AvgIpc) is 3.02. The van der Waals surface area contributed by atoms with Crippen molar-refractivity contribution in [2.75, 3.05) is 5.32 Å². The second-order valence-corrected chi connectivity index (χ2v) is 7.85. The largest absolute Gasteiger partial charge is 0.322 e. The number of aromatic nitrogens is 3. The van der Waals surface area contributed by atoms with Crippen molar-refractivity contribution in [3.05, 3.63) is 51.2 Å². The molecule has 5 nitrogen and oxygen atoms in total. The summed E-state index contributed by atoms with van der Waals surface area (Å²) in [5.41, 5.74) is 1.49. The number of rotatable bonds is 3. The molecular formula is C19H17Cl3N4O. The molecule has 2 aromatic heterocycles. The maximum atomic E-state index is 12.6. The Morgan fingerprint density at radius 3 is 2.48 bits per heavy atom. The third kappa shape index (κ3) is 3.64. The first-order valence-corrected chi connectivity index (χ1v) is 9.97. The van der Waals surface area contributed by atoms with Gasteiger partial charge in [-0.05, 0) is 37.1 Å². The smallest absolute Gasteiger partial charge is 0.258 e. The fourth-order valence-corrected chi connectivity index (χ4v) is 4.24. The Morgan fingerprint density at radius 1 is 1.07 bits per heavy atom. The molecule has 140 valence electrons. The SMILES string of the molecule is O=C(Nc1ccc(Cl)cc1)c1cnc2c(c(Cl)nn2C2CCCCC2)c1Cl. The van der Waals surface area contributed by atoms with Crippen LogP contribution in [0.2, 0.25) is 15.2 Å². The van der Waals surface area contributed by atoms with Gasteiger partial charge in [0.2, 0.25) is 0 Å². The fraction of sp³-hybridized carbons (Fsp3) is 0.316. The van der Waals surface area contributed by atoms with Crippen LogP contribution in [0.4, 0.5) is 5.69 Å². The molecule has 0 unspecified atom stereocenters. The van der Waals surface area contributed by atoms with E-state index in [9.17, 15) is 4.79 Å². The summed E-state index contributed by atoms with van der Waals surface area (Å²) < 4.78 is 1.86. The van der Waals surface area contributed by atoms with E-state index in [0.29, 0.717) is 21.7 Å². The molecule has 2 heterocycles. The summed E-state index contributed by atoms with van der Waals surface area (Å²) in [6, 6.07) is 7.10. The molecule has 1 aliphatic rings. The van der Waals surface area contributed by atoms with Crippen LogP contribution in [0.3, 0.4) is 0 Å². The van der Waals surface area contributed by atoms with Gasteiger partial charge in [0.1, 0.15) is 0 Å².